The topological polar surface area (TPSA) is 77.6 Å². The van der Waals surface area contributed by atoms with E-state index in [1.54, 1.807) is 0 Å². The van der Waals surface area contributed by atoms with E-state index >= 15 is 0 Å². The van der Waals surface area contributed by atoms with Crippen LogP contribution in [0, 0.1) is 6.92 Å². The summed E-state index contributed by atoms with van der Waals surface area (Å²) in [5.41, 5.74) is 5.57. The largest absolute Gasteiger partial charge is 0.419 e. The highest BCUT2D eigenvalue weighted by Crippen LogP contribution is 2.35. The lowest BCUT2D eigenvalue weighted by Gasteiger charge is -2.10. The van der Waals surface area contributed by atoms with Gasteiger partial charge in [0.15, 0.2) is 0 Å². The molecule has 6 nitrogen and oxygen atoms in total. The summed E-state index contributed by atoms with van der Waals surface area (Å²) in [6.07, 6.45) is 0. The molecule has 33 heavy (non-hydrogen) atoms. The monoisotopic (exact) mass is 451 g/mol. The molecule has 162 valence electrons. The van der Waals surface area contributed by atoms with Crippen molar-refractivity contribution in [1.29, 1.82) is 0 Å². The summed E-state index contributed by atoms with van der Waals surface area (Å²) in [5.74, 6) is 1.02. The Morgan fingerprint density at radius 1 is 0.667 bits per heavy atom. The predicted molar refractivity (Wildman–Crippen MR) is 129 cm³/mol. The van der Waals surface area contributed by atoms with Crippen LogP contribution in [-0.2, 0) is 0 Å². The van der Waals surface area contributed by atoms with Crippen LogP contribution in [0.5, 0.6) is 0 Å². The van der Waals surface area contributed by atoms with Crippen LogP contribution < -0.4 is 0 Å². The van der Waals surface area contributed by atoms with Gasteiger partial charge in [-0.1, -0.05) is 90.1 Å². The van der Waals surface area contributed by atoms with Gasteiger partial charge in [0.25, 0.3) is 0 Å². The van der Waals surface area contributed by atoms with Crippen LogP contribution in [0.3, 0.4) is 0 Å². The van der Waals surface area contributed by atoms with Crippen molar-refractivity contribution in [2.75, 3.05) is 0 Å². The molecule has 1 unspecified atom stereocenters. The fraction of sp³-hybridized carbons (Fsp3) is 0.115. The Hall–Kier alpha value is -3.84. The SMILES string of the molecule is Cc1ccc(-c2nnc(C(C)Sc3nnc(-c4ccccc4)c(-c4ccccc4)n3)o2)cc1. The summed E-state index contributed by atoms with van der Waals surface area (Å²) in [7, 11) is 0. The van der Waals surface area contributed by atoms with Crippen LogP contribution in [0.2, 0.25) is 0 Å². The highest BCUT2D eigenvalue weighted by molar-refractivity contribution is 7.99. The quantitative estimate of drug-likeness (QED) is 0.276. The second kappa shape index (κ2) is 9.34. The van der Waals surface area contributed by atoms with E-state index in [0.717, 1.165) is 28.1 Å². The number of hydrogen-bond acceptors (Lipinski definition) is 7. The number of benzene rings is 3. The molecule has 0 aliphatic carbocycles. The van der Waals surface area contributed by atoms with E-state index in [0.29, 0.717) is 16.9 Å². The zero-order valence-electron chi connectivity index (χ0n) is 18.2. The molecule has 0 saturated carbocycles. The lowest BCUT2D eigenvalue weighted by atomic mass is 10.0. The van der Waals surface area contributed by atoms with Crippen molar-refractivity contribution in [3.8, 4) is 34.0 Å². The molecule has 0 amide bonds. The van der Waals surface area contributed by atoms with E-state index in [2.05, 4.69) is 20.4 Å². The summed E-state index contributed by atoms with van der Waals surface area (Å²) in [5, 5.41) is 17.8. The number of aryl methyl sites for hydroxylation is 1. The third kappa shape index (κ3) is 4.68. The number of aromatic nitrogens is 5. The fourth-order valence-electron chi connectivity index (χ4n) is 3.37. The second-order valence-corrected chi connectivity index (χ2v) is 8.90. The third-order valence-electron chi connectivity index (χ3n) is 5.13. The normalized spacial score (nSPS) is 11.9. The van der Waals surface area contributed by atoms with E-state index < -0.39 is 0 Å². The third-order valence-corrected chi connectivity index (χ3v) is 6.07. The van der Waals surface area contributed by atoms with Gasteiger partial charge in [-0.05, 0) is 26.0 Å². The fourth-order valence-corrected chi connectivity index (χ4v) is 4.11. The highest BCUT2D eigenvalue weighted by Gasteiger charge is 2.20. The van der Waals surface area contributed by atoms with E-state index in [-0.39, 0.29) is 5.25 Å². The van der Waals surface area contributed by atoms with Crippen molar-refractivity contribution >= 4 is 11.8 Å². The van der Waals surface area contributed by atoms with Gasteiger partial charge in [-0.2, -0.15) is 0 Å². The van der Waals surface area contributed by atoms with Gasteiger partial charge in [-0.25, -0.2) is 4.98 Å². The van der Waals surface area contributed by atoms with Crippen molar-refractivity contribution in [2.45, 2.75) is 24.3 Å². The molecule has 0 N–H and O–H groups in total. The van der Waals surface area contributed by atoms with E-state index in [4.69, 9.17) is 9.40 Å². The molecule has 0 bridgehead atoms. The lowest BCUT2D eigenvalue weighted by Crippen LogP contribution is -2.00. The minimum atomic E-state index is -0.135. The first kappa shape index (κ1) is 21.0. The lowest BCUT2D eigenvalue weighted by molar-refractivity contribution is 0.509. The summed E-state index contributed by atoms with van der Waals surface area (Å²) >= 11 is 1.44. The standard InChI is InChI=1S/C26H21N5OS/c1-17-13-15-21(16-14-17)25-30-29-24(32-25)18(2)33-26-27-22(19-9-5-3-6-10-19)23(28-31-26)20-11-7-4-8-12-20/h3-16,18H,1-2H3. The Balaban J connectivity index is 1.44. The number of hydrogen-bond donors (Lipinski definition) is 0. The van der Waals surface area contributed by atoms with E-state index in [9.17, 15) is 0 Å². The number of rotatable bonds is 6. The average molecular weight is 452 g/mol. The maximum absolute atomic E-state index is 5.93. The maximum Gasteiger partial charge on any atom is 0.247 e. The number of nitrogens with zero attached hydrogens (tertiary/aromatic N) is 5. The first-order valence-corrected chi connectivity index (χ1v) is 11.5. The second-order valence-electron chi connectivity index (χ2n) is 7.60. The molecule has 5 rings (SSSR count). The smallest absolute Gasteiger partial charge is 0.247 e. The zero-order chi connectivity index (χ0) is 22.6. The average Bonchev–Trinajstić information content (AvgIpc) is 3.36. The zero-order valence-corrected chi connectivity index (χ0v) is 19.0. The predicted octanol–water partition coefficient (Wildman–Crippen LogP) is 6.42. The van der Waals surface area contributed by atoms with Crippen LogP contribution in [0.1, 0.15) is 23.6 Å². The van der Waals surface area contributed by atoms with Crippen LogP contribution in [-0.4, -0.2) is 25.4 Å². The molecule has 0 spiro atoms. The van der Waals surface area contributed by atoms with Crippen molar-refractivity contribution in [2.24, 2.45) is 0 Å². The van der Waals surface area contributed by atoms with Crippen molar-refractivity contribution in [3.63, 3.8) is 0 Å². The molecule has 2 heterocycles. The Kier molecular flexibility index (Phi) is 5.95. The molecule has 1 atom stereocenters. The maximum atomic E-state index is 5.93. The van der Waals surface area contributed by atoms with Gasteiger partial charge in [0, 0.05) is 16.7 Å². The first-order chi connectivity index (χ1) is 16.2. The molecular formula is C26H21N5OS. The van der Waals surface area contributed by atoms with Crippen molar-refractivity contribution in [1.82, 2.24) is 25.4 Å². The number of thioether (sulfide) groups is 1. The van der Waals surface area contributed by atoms with E-state index in [1.165, 1.54) is 17.3 Å². The minimum Gasteiger partial charge on any atom is -0.419 e. The summed E-state index contributed by atoms with van der Waals surface area (Å²) in [4.78, 5) is 4.86. The van der Waals surface area contributed by atoms with Gasteiger partial charge in [-0.15, -0.1) is 20.4 Å². The summed E-state index contributed by atoms with van der Waals surface area (Å²) in [6.45, 7) is 4.04. The Morgan fingerprint density at radius 3 is 1.97 bits per heavy atom. The molecule has 0 aliphatic rings. The Bertz CT molecular complexity index is 1350. The molecule has 0 aliphatic heterocycles. The van der Waals surface area contributed by atoms with Crippen LogP contribution in [0.15, 0.2) is 94.5 Å². The minimum absolute atomic E-state index is 0.135. The highest BCUT2D eigenvalue weighted by atomic mass is 32.2. The molecule has 0 saturated heterocycles. The van der Waals surface area contributed by atoms with Gasteiger partial charge < -0.3 is 4.42 Å². The Labute approximate surface area is 196 Å². The molecule has 5 aromatic rings. The first-order valence-electron chi connectivity index (χ1n) is 10.6. The molecule has 2 aromatic heterocycles. The summed E-state index contributed by atoms with van der Waals surface area (Å²) < 4.78 is 5.93. The molecule has 7 heteroatoms. The van der Waals surface area contributed by atoms with Gasteiger partial charge >= 0.3 is 0 Å². The van der Waals surface area contributed by atoms with Crippen molar-refractivity contribution < 1.29 is 4.42 Å². The van der Waals surface area contributed by atoms with Crippen LogP contribution in [0.4, 0.5) is 0 Å². The van der Waals surface area contributed by atoms with Gasteiger partial charge in [0.1, 0.15) is 11.4 Å². The molecule has 0 fully saturated rings. The van der Waals surface area contributed by atoms with Gasteiger partial charge in [0.2, 0.25) is 16.9 Å². The summed E-state index contributed by atoms with van der Waals surface area (Å²) in [6, 6.07) is 28.0. The Morgan fingerprint density at radius 2 is 1.30 bits per heavy atom. The van der Waals surface area contributed by atoms with Crippen molar-refractivity contribution in [3.05, 3.63) is 96.4 Å². The molecule has 3 aromatic carbocycles. The van der Waals surface area contributed by atoms with E-state index in [1.807, 2.05) is 98.8 Å². The van der Waals surface area contributed by atoms with Crippen LogP contribution >= 0.6 is 11.8 Å². The molecular weight excluding hydrogens is 430 g/mol. The van der Waals surface area contributed by atoms with Gasteiger partial charge in [-0.3, -0.25) is 0 Å². The molecule has 0 radical (unpaired) electrons. The van der Waals surface area contributed by atoms with Gasteiger partial charge in [0.05, 0.1) is 5.25 Å². The van der Waals surface area contributed by atoms with Crippen LogP contribution in [0.25, 0.3) is 34.0 Å².